The topological polar surface area (TPSA) is 30.7 Å². The summed E-state index contributed by atoms with van der Waals surface area (Å²) in [4.78, 5) is 9.31. The van der Waals surface area contributed by atoms with Crippen molar-refractivity contribution >= 4 is 34.5 Å². The molecular weight excluding hydrogens is 266 g/mol. The zero-order valence-corrected chi connectivity index (χ0v) is 12.1. The molecule has 2 atom stereocenters. The maximum absolute atomic E-state index is 6.28. The Labute approximate surface area is 116 Å². The molecule has 0 bridgehead atoms. The minimum atomic E-state index is -0.0786. The first-order chi connectivity index (χ1) is 8.66. The third kappa shape index (κ3) is 2.01. The Morgan fingerprint density at radius 3 is 2.94 bits per heavy atom. The van der Waals surface area contributed by atoms with E-state index in [1.807, 2.05) is 37.7 Å². The Bertz CT molecular complexity index is 573. The van der Waals surface area contributed by atoms with Gasteiger partial charge in [-0.1, -0.05) is 0 Å². The number of aromatic nitrogens is 3. The summed E-state index contributed by atoms with van der Waals surface area (Å²) in [5.41, 5.74) is 2.98. The van der Waals surface area contributed by atoms with Gasteiger partial charge in [-0.2, -0.15) is 11.8 Å². The molecule has 0 amide bonds. The summed E-state index contributed by atoms with van der Waals surface area (Å²) < 4.78 is 2.26. The standard InChI is InChI=1S/C13H16ClN3S/c1-8-3-4-11-13(15-8)17(10-5-6-18-7-10)12(16-11)9(2)14/h3-4,9-10H,5-7H2,1-2H3. The fourth-order valence-corrected chi connectivity index (χ4v) is 3.80. The molecule has 18 heavy (non-hydrogen) atoms. The number of pyridine rings is 1. The number of halogens is 1. The highest BCUT2D eigenvalue weighted by Crippen LogP contribution is 2.34. The number of thioether (sulfide) groups is 1. The van der Waals surface area contributed by atoms with Crippen molar-refractivity contribution < 1.29 is 0 Å². The van der Waals surface area contributed by atoms with E-state index in [9.17, 15) is 0 Å². The van der Waals surface area contributed by atoms with Crippen LogP contribution in [0.25, 0.3) is 11.2 Å². The van der Waals surface area contributed by atoms with Gasteiger partial charge in [0.15, 0.2) is 5.65 Å². The summed E-state index contributed by atoms with van der Waals surface area (Å²) in [6, 6.07) is 4.54. The van der Waals surface area contributed by atoms with Crippen molar-refractivity contribution in [1.29, 1.82) is 0 Å². The van der Waals surface area contributed by atoms with Crippen molar-refractivity contribution in [2.75, 3.05) is 11.5 Å². The number of rotatable bonds is 2. The van der Waals surface area contributed by atoms with Gasteiger partial charge in [-0.3, -0.25) is 0 Å². The molecule has 3 heterocycles. The molecule has 0 N–H and O–H groups in total. The number of hydrogen-bond donors (Lipinski definition) is 0. The fourth-order valence-electron chi connectivity index (χ4n) is 2.45. The predicted octanol–water partition coefficient (Wildman–Crippen LogP) is 3.72. The van der Waals surface area contributed by atoms with E-state index in [0.29, 0.717) is 6.04 Å². The van der Waals surface area contributed by atoms with Crippen LogP contribution in [-0.4, -0.2) is 26.0 Å². The summed E-state index contributed by atoms with van der Waals surface area (Å²) in [5.74, 6) is 3.31. The van der Waals surface area contributed by atoms with Crippen LogP contribution >= 0.6 is 23.4 Å². The third-order valence-electron chi connectivity index (χ3n) is 3.33. The van der Waals surface area contributed by atoms with Crippen molar-refractivity contribution in [3.63, 3.8) is 0 Å². The van der Waals surface area contributed by atoms with Crippen LogP contribution in [0.1, 0.15) is 36.3 Å². The van der Waals surface area contributed by atoms with Gasteiger partial charge in [0.05, 0.1) is 5.38 Å². The van der Waals surface area contributed by atoms with E-state index in [2.05, 4.69) is 14.5 Å². The molecule has 0 saturated carbocycles. The van der Waals surface area contributed by atoms with Crippen molar-refractivity contribution in [3.8, 4) is 0 Å². The Morgan fingerprint density at radius 2 is 2.28 bits per heavy atom. The van der Waals surface area contributed by atoms with Gasteiger partial charge >= 0.3 is 0 Å². The van der Waals surface area contributed by atoms with Crippen LogP contribution in [0, 0.1) is 6.92 Å². The second-order valence-electron chi connectivity index (χ2n) is 4.77. The van der Waals surface area contributed by atoms with Gasteiger partial charge in [0.25, 0.3) is 0 Å². The molecule has 2 aromatic heterocycles. The molecule has 0 radical (unpaired) electrons. The van der Waals surface area contributed by atoms with E-state index >= 15 is 0 Å². The fraction of sp³-hybridized carbons (Fsp3) is 0.538. The van der Waals surface area contributed by atoms with E-state index < -0.39 is 0 Å². The molecule has 1 aliphatic rings. The monoisotopic (exact) mass is 281 g/mol. The Kier molecular flexibility index (Phi) is 3.24. The minimum Gasteiger partial charge on any atom is -0.307 e. The Morgan fingerprint density at radius 1 is 1.44 bits per heavy atom. The van der Waals surface area contributed by atoms with E-state index in [4.69, 9.17) is 11.6 Å². The third-order valence-corrected chi connectivity index (χ3v) is 4.67. The summed E-state index contributed by atoms with van der Waals surface area (Å²) in [6.45, 7) is 4.00. The molecule has 1 saturated heterocycles. The number of alkyl halides is 1. The van der Waals surface area contributed by atoms with Crippen molar-refractivity contribution in [2.45, 2.75) is 31.7 Å². The lowest BCUT2D eigenvalue weighted by Gasteiger charge is -2.16. The van der Waals surface area contributed by atoms with Crippen LogP contribution < -0.4 is 0 Å². The van der Waals surface area contributed by atoms with Crippen molar-refractivity contribution in [1.82, 2.24) is 14.5 Å². The zero-order chi connectivity index (χ0) is 12.7. The molecule has 5 heteroatoms. The maximum atomic E-state index is 6.28. The number of imidazole rings is 1. The molecule has 0 aliphatic carbocycles. The van der Waals surface area contributed by atoms with Crippen LogP contribution in [0.15, 0.2) is 12.1 Å². The van der Waals surface area contributed by atoms with Crippen molar-refractivity contribution in [3.05, 3.63) is 23.7 Å². The zero-order valence-electron chi connectivity index (χ0n) is 10.6. The normalized spacial score (nSPS) is 21.6. The maximum Gasteiger partial charge on any atom is 0.160 e. The highest BCUT2D eigenvalue weighted by molar-refractivity contribution is 7.99. The molecule has 3 rings (SSSR count). The van der Waals surface area contributed by atoms with E-state index in [1.165, 1.54) is 12.2 Å². The number of aryl methyl sites for hydroxylation is 1. The molecule has 0 aromatic carbocycles. The lowest BCUT2D eigenvalue weighted by atomic mass is 10.2. The molecule has 96 valence electrons. The number of fused-ring (bicyclic) bond motifs is 1. The van der Waals surface area contributed by atoms with Crippen LogP contribution in [-0.2, 0) is 0 Å². The molecule has 1 fully saturated rings. The molecule has 1 aliphatic heterocycles. The molecule has 0 spiro atoms. The highest BCUT2D eigenvalue weighted by Gasteiger charge is 2.25. The van der Waals surface area contributed by atoms with Gasteiger partial charge < -0.3 is 4.57 Å². The second-order valence-corrected chi connectivity index (χ2v) is 6.57. The summed E-state index contributed by atoms with van der Waals surface area (Å²) in [7, 11) is 0. The van der Waals surface area contributed by atoms with Gasteiger partial charge in [0.2, 0.25) is 0 Å². The smallest absolute Gasteiger partial charge is 0.160 e. The molecule has 2 aromatic rings. The predicted molar refractivity (Wildman–Crippen MR) is 77.5 cm³/mol. The van der Waals surface area contributed by atoms with Crippen LogP contribution in [0.2, 0.25) is 0 Å². The SMILES string of the molecule is Cc1ccc2nc(C(C)Cl)n(C3CCSC3)c2n1. The van der Waals surface area contributed by atoms with E-state index in [1.54, 1.807) is 0 Å². The minimum absolute atomic E-state index is 0.0786. The van der Waals surface area contributed by atoms with Gasteiger partial charge in [-0.25, -0.2) is 9.97 Å². The van der Waals surface area contributed by atoms with E-state index in [0.717, 1.165) is 28.4 Å². The number of nitrogens with zero attached hydrogens (tertiary/aromatic N) is 3. The summed E-state index contributed by atoms with van der Waals surface area (Å²) in [5, 5.41) is -0.0786. The van der Waals surface area contributed by atoms with Crippen LogP contribution in [0.4, 0.5) is 0 Å². The van der Waals surface area contributed by atoms with Gasteiger partial charge in [0.1, 0.15) is 11.3 Å². The number of hydrogen-bond acceptors (Lipinski definition) is 3. The Balaban J connectivity index is 2.22. The Hall–Kier alpha value is -0.740. The van der Waals surface area contributed by atoms with Gasteiger partial charge in [-0.15, -0.1) is 11.6 Å². The largest absolute Gasteiger partial charge is 0.307 e. The van der Waals surface area contributed by atoms with Gasteiger partial charge in [-0.05, 0) is 38.2 Å². The molecule has 3 nitrogen and oxygen atoms in total. The first kappa shape index (κ1) is 12.3. The summed E-state index contributed by atoms with van der Waals surface area (Å²) in [6.07, 6.45) is 1.18. The first-order valence-electron chi connectivity index (χ1n) is 6.24. The molecular formula is C13H16ClN3S. The quantitative estimate of drug-likeness (QED) is 0.786. The average molecular weight is 282 g/mol. The van der Waals surface area contributed by atoms with Crippen LogP contribution in [0.5, 0.6) is 0 Å². The highest BCUT2D eigenvalue weighted by atomic mass is 35.5. The lowest BCUT2D eigenvalue weighted by molar-refractivity contribution is 0.545. The average Bonchev–Trinajstić information content (AvgIpc) is 2.93. The van der Waals surface area contributed by atoms with Crippen LogP contribution in [0.3, 0.4) is 0 Å². The van der Waals surface area contributed by atoms with E-state index in [-0.39, 0.29) is 5.38 Å². The van der Waals surface area contributed by atoms with Gasteiger partial charge in [0, 0.05) is 17.5 Å². The van der Waals surface area contributed by atoms with Crippen molar-refractivity contribution in [2.24, 2.45) is 0 Å². The molecule has 2 unspecified atom stereocenters. The first-order valence-corrected chi connectivity index (χ1v) is 7.83. The summed E-state index contributed by atoms with van der Waals surface area (Å²) >= 11 is 8.27. The lowest BCUT2D eigenvalue weighted by Crippen LogP contribution is -2.12. The second kappa shape index (κ2) is 4.74.